The van der Waals surface area contributed by atoms with E-state index in [0.29, 0.717) is 6.07 Å². The average Bonchev–Trinajstić information content (AvgIpc) is 3.34. The summed E-state index contributed by atoms with van der Waals surface area (Å²) in [5.74, 6) is -2.35. The van der Waals surface area contributed by atoms with Crippen LogP contribution in [0, 0.1) is 42.1 Å². The topological polar surface area (TPSA) is 84.6 Å². The van der Waals surface area contributed by atoms with E-state index in [-0.39, 0.29) is 60.8 Å². The Bertz CT molecular complexity index is 1570. The maximum atomic E-state index is 14.3. The summed E-state index contributed by atoms with van der Waals surface area (Å²) in [5.41, 5.74) is -2.05. The first kappa shape index (κ1) is 27.6. The molecule has 0 saturated carbocycles. The molecular formula is C24H12F5N7Pt. The minimum Gasteiger partial charge on any atom is -0.343 e. The molecule has 188 valence electrons. The van der Waals surface area contributed by atoms with Crippen LogP contribution in [0.2, 0.25) is 0 Å². The first-order chi connectivity index (χ1) is 16.9. The maximum Gasteiger partial charge on any atom is 2.00 e. The summed E-state index contributed by atoms with van der Waals surface area (Å²) in [6, 6.07) is 11.2. The first-order valence-corrected chi connectivity index (χ1v) is 10.0. The van der Waals surface area contributed by atoms with Gasteiger partial charge in [0.15, 0.2) is 5.69 Å². The normalized spacial score (nSPS) is 11.4. The molecule has 0 amide bonds. The number of pyridine rings is 3. The van der Waals surface area contributed by atoms with Crippen molar-refractivity contribution in [3.8, 4) is 23.1 Å². The third kappa shape index (κ3) is 5.55. The Labute approximate surface area is 221 Å². The number of rotatable bonds is 4. The molecule has 0 N–H and O–H groups in total. The van der Waals surface area contributed by atoms with Gasteiger partial charge in [-0.25, -0.2) is 13.6 Å². The van der Waals surface area contributed by atoms with Crippen LogP contribution < -0.4 is 0 Å². The largest absolute Gasteiger partial charge is 2.00 e. The van der Waals surface area contributed by atoms with Gasteiger partial charge in [0, 0.05) is 22.4 Å². The van der Waals surface area contributed by atoms with Crippen molar-refractivity contribution in [1.29, 1.82) is 5.26 Å². The molecule has 0 bridgehead atoms. The van der Waals surface area contributed by atoms with E-state index < -0.39 is 29.2 Å². The molecule has 0 aliphatic rings. The Hall–Kier alpha value is -4.02. The molecule has 4 heterocycles. The second kappa shape index (κ2) is 10.2. The predicted molar refractivity (Wildman–Crippen MR) is 115 cm³/mol. The van der Waals surface area contributed by atoms with Crippen LogP contribution in [0.3, 0.4) is 0 Å². The van der Waals surface area contributed by atoms with Gasteiger partial charge in [-0.3, -0.25) is 15.1 Å². The van der Waals surface area contributed by atoms with E-state index in [9.17, 15) is 27.2 Å². The summed E-state index contributed by atoms with van der Waals surface area (Å²) in [5, 5.41) is 12.9. The van der Waals surface area contributed by atoms with Gasteiger partial charge in [0.25, 0.3) is 0 Å². The molecular weight excluding hydrogens is 676 g/mol. The smallest absolute Gasteiger partial charge is 0.343 e. The van der Waals surface area contributed by atoms with Crippen molar-refractivity contribution in [2.24, 2.45) is 0 Å². The Morgan fingerprint density at radius 3 is 2.30 bits per heavy atom. The summed E-state index contributed by atoms with van der Waals surface area (Å²) < 4.78 is 67.3. The summed E-state index contributed by atoms with van der Waals surface area (Å²) in [7, 11) is 0. The maximum absolute atomic E-state index is 14.3. The zero-order valence-electron chi connectivity index (χ0n) is 18.8. The summed E-state index contributed by atoms with van der Waals surface area (Å²) in [6.45, 7) is 10.7. The summed E-state index contributed by atoms with van der Waals surface area (Å²) in [6.07, 6.45) is -2.36. The van der Waals surface area contributed by atoms with E-state index in [1.165, 1.54) is 24.3 Å². The third-order valence-corrected chi connectivity index (χ3v) is 5.20. The quantitative estimate of drug-likeness (QED) is 0.164. The predicted octanol–water partition coefficient (Wildman–Crippen LogP) is 5.37. The minimum atomic E-state index is -4.70. The van der Waals surface area contributed by atoms with Crippen molar-refractivity contribution in [3.05, 3.63) is 94.6 Å². The molecule has 4 aromatic rings. The molecule has 4 aromatic heterocycles. The molecule has 4 rings (SSSR count). The molecule has 37 heavy (non-hydrogen) atoms. The van der Waals surface area contributed by atoms with E-state index >= 15 is 0 Å². The Morgan fingerprint density at radius 2 is 1.70 bits per heavy atom. The van der Waals surface area contributed by atoms with Crippen LogP contribution in [-0.4, -0.2) is 24.7 Å². The summed E-state index contributed by atoms with van der Waals surface area (Å²) >= 11 is 0. The Balaban J connectivity index is 0.00000380. The van der Waals surface area contributed by atoms with Crippen LogP contribution >= 0.6 is 0 Å². The first-order valence-electron chi connectivity index (χ1n) is 10.0. The van der Waals surface area contributed by atoms with Crippen molar-refractivity contribution in [2.45, 2.75) is 25.4 Å². The molecule has 13 heteroatoms. The fraction of sp³-hybridized carbons (Fsp3) is 0.167. The van der Waals surface area contributed by atoms with Gasteiger partial charge >= 0.3 is 27.2 Å². The molecule has 0 saturated heterocycles. The second-order valence-corrected chi connectivity index (χ2v) is 8.00. The van der Waals surface area contributed by atoms with Crippen LogP contribution in [0.4, 0.5) is 27.6 Å². The third-order valence-electron chi connectivity index (χ3n) is 5.20. The molecule has 0 aliphatic heterocycles. The fourth-order valence-corrected chi connectivity index (χ4v) is 3.27. The molecule has 0 fully saturated rings. The van der Waals surface area contributed by atoms with E-state index in [4.69, 9.17) is 6.57 Å². The van der Waals surface area contributed by atoms with Crippen LogP contribution in [0.5, 0.6) is 0 Å². The number of aromatic nitrogens is 5. The van der Waals surface area contributed by atoms with Gasteiger partial charge in [-0.05, 0) is 31.7 Å². The van der Waals surface area contributed by atoms with Gasteiger partial charge in [-0.1, -0.05) is 30.0 Å². The van der Waals surface area contributed by atoms with Crippen molar-refractivity contribution in [1.82, 2.24) is 24.7 Å². The van der Waals surface area contributed by atoms with Crippen molar-refractivity contribution < 1.29 is 43.0 Å². The van der Waals surface area contributed by atoms with Crippen molar-refractivity contribution in [2.75, 3.05) is 0 Å². The molecule has 7 nitrogen and oxygen atoms in total. The zero-order chi connectivity index (χ0) is 26.3. The van der Waals surface area contributed by atoms with Gasteiger partial charge in [-0.2, -0.15) is 18.4 Å². The monoisotopic (exact) mass is 688 g/mol. The van der Waals surface area contributed by atoms with E-state index in [0.717, 1.165) is 10.7 Å². The van der Waals surface area contributed by atoms with Gasteiger partial charge in [0.2, 0.25) is 0 Å². The Morgan fingerprint density at radius 1 is 1.00 bits per heavy atom. The Kier molecular flexibility index (Phi) is 7.56. The van der Waals surface area contributed by atoms with Gasteiger partial charge < -0.3 is 9.67 Å². The molecule has 0 spiro atoms. The SMILES string of the molecule is [C-]#[N+]c1cc(-c2[c-]cc(F)nc2F)nc(C(C)(C)c2cc(C#N)cc(-n3[c-]cc(C(F)(F)F)n3)n2)c1.[Pt+2]. The number of nitrogens with zero attached hydrogens (tertiary/aromatic N) is 7. The van der Waals surface area contributed by atoms with E-state index in [1.54, 1.807) is 13.8 Å². The number of nitriles is 1. The number of halogens is 5. The fourth-order valence-electron chi connectivity index (χ4n) is 3.27. The van der Waals surface area contributed by atoms with Crippen LogP contribution in [0.1, 0.15) is 36.5 Å². The molecule has 0 radical (unpaired) electrons. The van der Waals surface area contributed by atoms with Gasteiger partial charge in [0.1, 0.15) is 11.9 Å². The molecule has 0 atom stereocenters. The number of hydrogen-bond acceptors (Lipinski definition) is 5. The van der Waals surface area contributed by atoms with E-state index in [2.05, 4.69) is 37.2 Å². The van der Waals surface area contributed by atoms with Gasteiger partial charge in [0.05, 0.1) is 24.2 Å². The van der Waals surface area contributed by atoms with Crippen molar-refractivity contribution in [3.63, 3.8) is 0 Å². The zero-order valence-corrected chi connectivity index (χ0v) is 21.1. The van der Waals surface area contributed by atoms with Gasteiger partial charge in [-0.15, -0.1) is 12.1 Å². The van der Waals surface area contributed by atoms with Crippen molar-refractivity contribution >= 4 is 5.69 Å². The average molecular weight is 688 g/mol. The molecule has 0 aliphatic carbocycles. The van der Waals surface area contributed by atoms with E-state index in [1.807, 2.05) is 6.07 Å². The summed E-state index contributed by atoms with van der Waals surface area (Å²) in [4.78, 5) is 15.3. The van der Waals surface area contributed by atoms with Crippen LogP contribution in [-0.2, 0) is 32.7 Å². The standard InChI is InChI=1S/C24H12F5N7.Pt/c1-23(2,19-11-14(31-3)10-16(32-19)15-4-5-20(25)34-22(15)26)18-8-13(12-30)9-21(33-18)36-7-6-17(35-36)24(27,28)29;/h5-6,8-11H,1-2H3;/q-2;+2. The minimum absolute atomic E-state index is 0. The van der Waals surface area contributed by atoms with Crippen LogP contribution in [0.25, 0.3) is 21.9 Å². The second-order valence-electron chi connectivity index (χ2n) is 8.00. The molecule has 0 aromatic carbocycles. The number of hydrogen-bond donors (Lipinski definition) is 0. The molecule has 0 unspecified atom stereocenters. The number of alkyl halides is 3. The van der Waals surface area contributed by atoms with Crippen LogP contribution in [0.15, 0.2) is 36.4 Å².